The van der Waals surface area contributed by atoms with Crippen LogP contribution in [0.2, 0.25) is 0 Å². The van der Waals surface area contributed by atoms with Gasteiger partial charge in [0.2, 0.25) is 5.78 Å². The Bertz CT molecular complexity index is 414. The summed E-state index contributed by atoms with van der Waals surface area (Å²) in [5.41, 5.74) is 0. The lowest BCUT2D eigenvalue weighted by Crippen LogP contribution is -1.90. The van der Waals surface area contributed by atoms with E-state index in [2.05, 4.69) is 8.94 Å². The molecule has 1 aromatic heterocycles. The SMILES string of the molecule is O=C=CC(=O)c1ccc(O[P+](=O)O)o1. The van der Waals surface area contributed by atoms with Gasteiger partial charge in [-0.3, -0.25) is 4.79 Å². The Balaban J connectivity index is 2.82. The maximum absolute atomic E-state index is 10.9. The smallest absolute Gasteiger partial charge is 0.419 e. The molecule has 7 heteroatoms. The average molecular weight is 215 g/mol. The molecule has 0 aromatic carbocycles. The highest BCUT2D eigenvalue weighted by Crippen LogP contribution is 2.25. The highest BCUT2D eigenvalue weighted by Gasteiger charge is 2.19. The van der Waals surface area contributed by atoms with Gasteiger partial charge in [-0.05, 0) is 6.07 Å². The predicted octanol–water partition coefficient (Wildman–Crippen LogP) is 0.879. The van der Waals surface area contributed by atoms with Crippen LogP contribution < -0.4 is 4.52 Å². The van der Waals surface area contributed by atoms with Crippen molar-refractivity contribution in [1.82, 2.24) is 0 Å². The van der Waals surface area contributed by atoms with Crippen LogP contribution in [0.1, 0.15) is 10.6 Å². The first-order valence-corrected chi connectivity index (χ1v) is 4.45. The van der Waals surface area contributed by atoms with Gasteiger partial charge in [-0.2, -0.15) is 4.52 Å². The zero-order chi connectivity index (χ0) is 10.6. The molecular formula is C7H4O6P+. The number of carbonyl (C=O) groups is 1. The van der Waals surface area contributed by atoms with Crippen molar-refractivity contribution in [3.63, 3.8) is 0 Å². The summed E-state index contributed by atoms with van der Waals surface area (Å²) in [7, 11) is -2.83. The third-order valence-corrected chi connectivity index (χ3v) is 1.52. The van der Waals surface area contributed by atoms with Gasteiger partial charge < -0.3 is 4.42 Å². The normalized spacial score (nSPS) is 10.2. The minimum absolute atomic E-state index is 0.166. The molecule has 0 saturated heterocycles. The average Bonchev–Trinajstić information content (AvgIpc) is 2.52. The van der Waals surface area contributed by atoms with Crippen molar-refractivity contribution >= 4 is 20.0 Å². The Morgan fingerprint density at radius 2 is 2.36 bits per heavy atom. The van der Waals surface area contributed by atoms with Gasteiger partial charge in [0, 0.05) is 10.6 Å². The van der Waals surface area contributed by atoms with E-state index < -0.39 is 14.0 Å². The largest absolute Gasteiger partial charge is 0.750 e. The monoisotopic (exact) mass is 215 g/mol. The summed E-state index contributed by atoms with van der Waals surface area (Å²) < 4.78 is 19.1. The predicted molar refractivity (Wildman–Crippen MR) is 43.8 cm³/mol. The number of carbonyl (C=O) groups excluding carboxylic acids is 2. The van der Waals surface area contributed by atoms with Crippen LogP contribution in [0.25, 0.3) is 0 Å². The number of allylic oxidation sites excluding steroid dienone is 1. The minimum atomic E-state index is -2.83. The van der Waals surface area contributed by atoms with Gasteiger partial charge in [-0.15, -0.1) is 4.89 Å². The van der Waals surface area contributed by atoms with Crippen molar-refractivity contribution in [1.29, 1.82) is 0 Å². The Morgan fingerprint density at radius 1 is 1.64 bits per heavy atom. The van der Waals surface area contributed by atoms with Crippen LogP contribution in [-0.2, 0) is 9.36 Å². The lowest BCUT2D eigenvalue weighted by Gasteiger charge is -1.84. The second-order valence-electron chi connectivity index (χ2n) is 2.07. The van der Waals surface area contributed by atoms with E-state index in [1.54, 1.807) is 0 Å². The van der Waals surface area contributed by atoms with Gasteiger partial charge in [0.1, 0.15) is 5.94 Å². The van der Waals surface area contributed by atoms with Crippen molar-refractivity contribution in [2.45, 2.75) is 0 Å². The summed E-state index contributed by atoms with van der Waals surface area (Å²) in [6.07, 6.45) is 0.640. The lowest BCUT2D eigenvalue weighted by molar-refractivity contribution is 0.101. The van der Waals surface area contributed by atoms with Gasteiger partial charge in [-0.25, -0.2) is 4.79 Å². The van der Waals surface area contributed by atoms with Gasteiger partial charge in [0.05, 0.1) is 6.08 Å². The fourth-order valence-corrected chi connectivity index (χ4v) is 0.955. The van der Waals surface area contributed by atoms with Crippen LogP contribution in [-0.4, -0.2) is 16.6 Å². The van der Waals surface area contributed by atoms with E-state index >= 15 is 0 Å². The number of hydrogen-bond donors (Lipinski definition) is 1. The fourth-order valence-electron chi connectivity index (χ4n) is 0.703. The molecule has 1 atom stereocenters. The van der Waals surface area contributed by atoms with Crippen molar-refractivity contribution < 1.29 is 28.0 Å². The molecule has 6 nitrogen and oxygen atoms in total. The first-order valence-electron chi connectivity index (χ1n) is 3.32. The van der Waals surface area contributed by atoms with Crippen molar-refractivity contribution in [3.8, 4) is 5.95 Å². The molecule has 0 aliphatic carbocycles. The van der Waals surface area contributed by atoms with Crippen LogP contribution in [0, 0.1) is 0 Å². The number of ketones is 1. The van der Waals surface area contributed by atoms with Gasteiger partial charge in [-0.1, -0.05) is 0 Å². The maximum Gasteiger partial charge on any atom is 0.750 e. The standard InChI is InChI=1S/C7H3O6P/c8-4-3-5(9)6-1-2-7(12-6)13-14(10)11/h1-3H/p+1. The van der Waals surface area contributed by atoms with Gasteiger partial charge >= 0.3 is 14.2 Å². The zero-order valence-corrected chi connectivity index (χ0v) is 7.56. The van der Waals surface area contributed by atoms with Crippen molar-refractivity contribution in [2.75, 3.05) is 0 Å². The highest BCUT2D eigenvalue weighted by molar-refractivity contribution is 7.32. The first-order chi connectivity index (χ1) is 6.63. The quantitative estimate of drug-likeness (QED) is 0.346. The summed E-state index contributed by atoms with van der Waals surface area (Å²) in [6, 6.07) is 2.40. The van der Waals surface area contributed by atoms with E-state index in [1.165, 1.54) is 18.1 Å². The van der Waals surface area contributed by atoms with Crippen LogP contribution in [0.15, 0.2) is 22.6 Å². The molecule has 0 saturated carbocycles. The summed E-state index contributed by atoms with van der Waals surface area (Å²) in [6.45, 7) is 0. The third-order valence-electron chi connectivity index (χ3n) is 1.18. The highest BCUT2D eigenvalue weighted by atomic mass is 31.1. The Labute approximate surface area is 78.7 Å². The molecular weight excluding hydrogens is 211 g/mol. The van der Waals surface area contributed by atoms with Crippen LogP contribution in [0.5, 0.6) is 5.95 Å². The third kappa shape index (κ3) is 2.64. The van der Waals surface area contributed by atoms with Gasteiger partial charge in [0.25, 0.3) is 0 Å². The summed E-state index contributed by atoms with van der Waals surface area (Å²) in [4.78, 5) is 29.1. The van der Waals surface area contributed by atoms with E-state index in [4.69, 9.17) is 4.89 Å². The summed E-state index contributed by atoms with van der Waals surface area (Å²) in [5, 5.41) is 0. The number of furan rings is 1. The molecule has 0 aliphatic rings. The van der Waals surface area contributed by atoms with E-state index in [0.717, 1.165) is 0 Å². The molecule has 1 unspecified atom stereocenters. The summed E-state index contributed by atoms with van der Waals surface area (Å²) >= 11 is 0. The van der Waals surface area contributed by atoms with E-state index in [9.17, 15) is 14.2 Å². The Morgan fingerprint density at radius 3 is 2.93 bits per heavy atom. The molecule has 0 fully saturated rings. The minimum Gasteiger partial charge on any atom is -0.419 e. The van der Waals surface area contributed by atoms with Crippen molar-refractivity contribution in [2.24, 2.45) is 0 Å². The van der Waals surface area contributed by atoms with Crippen LogP contribution in [0.3, 0.4) is 0 Å². The maximum atomic E-state index is 10.9. The molecule has 1 N–H and O–H groups in total. The molecule has 1 aromatic rings. The molecule has 0 amide bonds. The number of hydrogen-bond acceptors (Lipinski definition) is 5. The molecule has 0 bridgehead atoms. The molecule has 0 radical (unpaired) electrons. The van der Waals surface area contributed by atoms with Gasteiger partial charge in [0.15, 0.2) is 5.76 Å². The molecule has 1 heterocycles. The second-order valence-corrected chi connectivity index (χ2v) is 2.73. The summed E-state index contributed by atoms with van der Waals surface area (Å²) in [5.74, 6) is 0.158. The first kappa shape index (κ1) is 10.3. The molecule has 0 aliphatic heterocycles. The topological polar surface area (TPSA) is 93.8 Å². The Hall–Kier alpha value is -1.74. The Kier molecular flexibility index (Phi) is 3.31. The van der Waals surface area contributed by atoms with Crippen LogP contribution in [0.4, 0.5) is 0 Å². The lowest BCUT2D eigenvalue weighted by atomic mass is 10.3. The number of rotatable bonds is 4. The van der Waals surface area contributed by atoms with E-state index in [-0.39, 0.29) is 11.7 Å². The van der Waals surface area contributed by atoms with Crippen LogP contribution >= 0.6 is 8.25 Å². The molecule has 0 spiro atoms. The second kappa shape index (κ2) is 4.48. The molecule has 72 valence electrons. The van der Waals surface area contributed by atoms with E-state index in [0.29, 0.717) is 6.08 Å². The van der Waals surface area contributed by atoms with E-state index in [1.807, 2.05) is 0 Å². The zero-order valence-electron chi connectivity index (χ0n) is 6.67. The molecule has 14 heavy (non-hydrogen) atoms. The molecule has 1 rings (SSSR count). The van der Waals surface area contributed by atoms with Crippen molar-refractivity contribution in [3.05, 3.63) is 24.0 Å². The fraction of sp³-hybridized carbons (Fsp3) is 0.